The summed E-state index contributed by atoms with van der Waals surface area (Å²) >= 11 is 1.68. The van der Waals surface area contributed by atoms with Gasteiger partial charge in [-0.05, 0) is 35.4 Å². The summed E-state index contributed by atoms with van der Waals surface area (Å²) in [5.41, 5.74) is 2.05. The number of ether oxygens (including phenoxy) is 1. The highest BCUT2D eigenvalue weighted by Gasteiger charge is 2.23. The third kappa shape index (κ3) is 4.08. The van der Waals surface area contributed by atoms with Gasteiger partial charge < -0.3 is 19.9 Å². The molecule has 164 valence electrons. The molecule has 0 bridgehead atoms. The zero-order valence-electron chi connectivity index (χ0n) is 18.1. The lowest BCUT2D eigenvalue weighted by Gasteiger charge is -2.34. The number of carbonyl (C=O) groups excluding carboxylic acids is 1. The van der Waals surface area contributed by atoms with E-state index in [-0.39, 0.29) is 6.03 Å². The van der Waals surface area contributed by atoms with Gasteiger partial charge in [0.05, 0.1) is 11.3 Å². The van der Waals surface area contributed by atoms with E-state index in [1.54, 1.807) is 11.3 Å². The van der Waals surface area contributed by atoms with Crippen LogP contribution in [0.5, 0.6) is 5.75 Å². The van der Waals surface area contributed by atoms with Gasteiger partial charge in [-0.1, -0.05) is 59.9 Å². The lowest BCUT2D eigenvalue weighted by Crippen LogP contribution is -2.51. The number of hydrogen-bond donors (Lipinski definition) is 1. The summed E-state index contributed by atoms with van der Waals surface area (Å²) in [7, 11) is 0. The Morgan fingerprint density at radius 1 is 1.03 bits per heavy atom. The molecule has 0 aliphatic carbocycles. The van der Waals surface area contributed by atoms with Gasteiger partial charge in [0, 0.05) is 32.7 Å². The number of piperazine rings is 1. The summed E-state index contributed by atoms with van der Waals surface area (Å²) in [6, 6.07) is 20.5. The number of carbonyl (C=O) groups is 1. The second-order valence-electron chi connectivity index (χ2n) is 7.80. The number of thiazole rings is 1. The van der Waals surface area contributed by atoms with E-state index in [1.807, 2.05) is 42.2 Å². The minimum atomic E-state index is -0.0134. The van der Waals surface area contributed by atoms with Crippen LogP contribution in [0.4, 0.5) is 9.93 Å². The molecule has 6 nitrogen and oxygen atoms in total. The number of nitrogens with one attached hydrogen (secondary N) is 1. The molecule has 3 aromatic carbocycles. The SMILES string of the molecule is CCOc1cccc2sc(N3CCN(C(=O)NCc4cccc5ccccc45)CC3)nc12. The molecular weight excluding hydrogens is 420 g/mol. The lowest BCUT2D eigenvalue weighted by molar-refractivity contribution is 0.194. The van der Waals surface area contributed by atoms with Gasteiger partial charge in [-0.15, -0.1) is 0 Å². The Kier molecular flexibility index (Phi) is 5.81. The van der Waals surface area contributed by atoms with Crippen LogP contribution in [-0.4, -0.2) is 48.7 Å². The summed E-state index contributed by atoms with van der Waals surface area (Å²) in [4.78, 5) is 21.8. The van der Waals surface area contributed by atoms with Gasteiger partial charge in [0.15, 0.2) is 5.13 Å². The van der Waals surface area contributed by atoms with Crippen molar-refractivity contribution in [1.29, 1.82) is 0 Å². The van der Waals surface area contributed by atoms with E-state index >= 15 is 0 Å². The molecule has 0 atom stereocenters. The van der Waals surface area contributed by atoms with Crippen molar-refractivity contribution in [2.24, 2.45) is 0 Å². The normalized spacial score (nSPS) is 14.2. The van der Waals surface area contributed by atoms with Crippen LogP contribution < -0.4 is 15.0 Å². The zero-order valence-corrected chi connectivity index (χ0v) is 18.9. The van der Waals surface area contributed by atoms with Crippen molar-refractivity contribution in [2.45, 2.75) is 13.5 Å². The number of amides is 2. The van der Waals surface area contributed by atoms with E-state index < -0.39 is 0 Å². The first kappa shape index (κ1) is 20.6. The molecule has 32 heavy (non-hydrogen) atoms. The molecule has 0 spiro atoms. The van der Waals surface area contributed by atoms with Crippen molar-refractivity contribution in [2.75, 3.05) is 37.7 Å². The highest BCUT2D eigenvalue weighted by atomic mass is 32.1. The second kappa shape index (κ2) is 9.04. The standard InChI is InChI=1S/C25H26N4O2S/c1-2-31-21-11-6-12-22-23(21)27-25(32-22)29-15-13-28(14-16-29)24(30)26-17-19-9-5-8-18-7-3-4-10-20(18)19/h3-12H,2,13-17H2,1H3,(H,26,30). The molecule has 1 fully saturated rings. The smallest absolute Gasteiger partial charge is 0.317 e. The topological polar surface area (TPSA) is 57.7 Å². The summed E-state index contributed by atoms with van der Waals surface area (Å²) < 4.78 is 6.85. The average Bonchev–Trinajstić information content (AvgIpc) is 3.28. The number of aromatic nitrogens is 1. The molecule has 2 heterocycles. The fourth-order valence-corrected chi connectivity index (χ4v) is 5.18. The molecule has 1 aromatic heterocycles. The molecule has 1 N–H and O–H groups in total. The van der Waals surface area contributed by atoms with Crippen molar-refractivity contribution < 1.29 is 9.53 Å². The molecular formula is C25H26N4O2S. The van der Waals surface area contributed by atoms with Crippen LogP contribution in [0, 0.1) is 0 Å². The molecule has 7 heteroatoms. The van der Waals surface area contributed by atoms with Crippen molar-refractivity contribution in [3.05, 3.63) is 66.2 Å². The van der Waals surface area contributed by atoms with Crippen LogP contribution >= 0.6 is 11.3 Å². The summed E-state index contributed by atoms with van der Waals surface area (Å²) in [5.74, 6) is 0.832. The Morgan fingerprint density at radius 2 is 1.81 bits per heavy atom. The van der Waals surface area contributed by atoms with Crippen LogP contribution in [0.1, 0.15) is 12.5 Å². The summed E-state index contributed by atoms with van der Waals surface area (Å²) in [6.45, 7) is 6.02. The largest absolute Gasteiger partial charge is 0.492 e. The third-order valence-electron chi connectivity index (χ3n) is 5.82. The van der Waals surface area contributed by atoms with Gasteiger partial charge in [-0.3, -0.25) is 0 Å². The molecule has 1 aliphatic heterocycles. The van der Waals surface area contributed by atoms with Crippen molar-refractivity contribution >= 4 is 43.5 Å². The lowest BCUT2D eigenvalue weighted by atomic mass is 10.0. The monoisotopic (exact) mass is 446 g/mol. The third-order valence-corrected chi connectivity index (χ3v) is 6.90. The van der Waals surface area contributed by atoms with Gasteiger partial charge in [0.25, 0.3) is 0 Å². The van der Waals surface area contributed by atoms with Gasteiger partial charge >= 0.3 is 6.03 Å². The van der Waals surface area contributed by atoms with E-state index in [1.165, 1.54) is 10.8 Å². The molecule has 1 saturated heterocycles. The predicted octanol–water partition coefficient (Wildman–Crippen LogP) is 4.88. The van der Waals surface area contributed by atoms with E-state index in [4.69, 9.17) is 9.72 Å². The van der Waals surface area contributed by atoms with Crippen molar-refractivity contribution in [3.63, 3.8) is 0 Å². The Balaban J connectivity index is 1.20. The Bertz CT molecular complexity index is 1240. The van der Waals surface area contributed by atoms with E-state index in [0.717, 1.165) is 39.8 Å². The molecule has 1 aliphatic rings. The van der Waals surface area contributed by atoms with Crippen molar-refractivity contribution in [3.8, 4) is 5.75 Å². The van der Waals surface area contributed by atoms with Crippen LogP contribution in [-0.2, 0) is 6.54 Å². The van der Waals surface area contributed by atoms with Gasteiger partial charge in [0.2, 0.25) is 0 Å². The van der Waals surface area contributed by atoms with E-state index in [2.05, 4.69) is 40.5 Å². The fourth-order valence-electron chi connectivity index (χ4n) is 4.15. The number of benzene rings is 3. The minimum absolute atomic E-state index is 0.0134. The van der Waals surface area contributed by atoms with Crippen LogP contribution in [0.3, 0.4) is 0 Å². The highest BCUT2D eigenvalue weighted by Crippen LogP contribution is 2.34. The highest BCUT2D eigenvalue weighted by molar-refractivity contribution is 7.22. The van der Waals surface area contributed by atoms with Crippen molar-refractivity contribution in [1.82, 2.24) is 15.2 Å². The maximum atomic E-state index is 12.8. The molecule has 0 radical (unpaired) electrons. The number of fused-ring (bicyclic) bond motifs is 2. The quantitative estimate of drug-likeness (QED) is 0.475. The maximum absolute atomic E-state index is 12.8. The zero-order chi connectivity index (χ0) is 21.9. The number of rotatable bonds is 5. The van der Waals surface area contributed by atoms with Crippen LogP contribution in [0.15, 0.2) is 60.7 Å². The van der Waals surface area contributed by atoms with Crippen LogP contribution in [0.25, 0.3) is 21.0 Å². The second-order valence-corrected chi connectivity index (χ2v) is 8.81. The van der Waals surface area contributed by atoms with Gasteiger partial charge in [0.1, 0.15) is 11.3 Å². The molecule has 5 rings (SSSR count). The maximum Gasteiger partial charge on any atom is 0.317 e. The van der Waals surface area contributed by atoms with Gasteiger partial charge in [-0.25, -0.2) is 9.78 Å². The summed E-state index contributed by atoms with van der Waals surface area (Å²) in [5, 5.41) is 6.46. The Labute approximate surface area is 191 Å². The predicted molar refractivity (Wildman–Crippen MR) is 131 cm³/mol. The first-order valence-corrected chi connectivity index (χ1v) is 11.8. The first-order chi connectivity index (χ1) is 15.7. The number of hydrogen-bond acceptors (Lipinski definition) is 5. The molecule has 4 aromatic rings. The van der Waals surface area contributed by atoms with E-state index in [9.17, 15) is 4.79 Å². The number of para-hydroxylation sites is 1. The summed E-state index contributed by atoms with van der Waals surface area (Å²) in [6.07, 6.45) is 0. The number of anilines is 1. The van der Waals surface area contributed by atoms with E-state index in [0.29, 0.717) is 26.2 Å². The molecule has 0 unspecified atom stereocenters. The van der Waals surface area contributed by atoms with Gasteiger partial charge in [-0.2, -0.15) is 0 Å². The number of nitrogens with zero attached hydrogens (tertiary/aromatic N) is 3. The Hall–Kier alpha value is -3.32. The Morgan fingerprint density at radius 3 is 2.66 bits per heavy atom. The first-order valence-electron chi connectivity index (χ1n) is 11.0. The molecule has 2 amide bonds. The molecule has 0 saturated carbocycles. The minimum Gasteiger partial charge on any atom is -0.492 e. The fraction of sp³-hybridized carbons (Fsp3) is 0.280. The number of urea groups is 1. The average molecular weight is 447 g/mol. The van der Waals surface area contributed by atoms with Crippen LogP contribution in [0.2, 0.25) is 0 Å².